The van der Waals surface area contributed by atoms with Gasteiger partial charge < -0.3 is 15.2 Å². The molecule has 5 nitrogen and oxygen atoms in total. The predicted octanol–water partition coefficient (Wildman–Crippen LogP) is 3.83. The molecule has 0 saturated carbocycles. The van der Waals surface area contributed by atoms with Gasteiger partial charge in [-0.3, -0.25) is 9.78 Å². The molecular weight excluding hydrogens is 292 g/mol. The van der Waals surface area contributed by atoms with Crippen LogP contribution in [0.1, 0.15) is 10.4 Å². The molecule has 5 heteroatoms. The number of aromatic hydroxyl groups is 1. The van der Waals surface area contributed by atoms with Crippen LogP contribution in [-0.2, 0) is 0 Å². The molecule has 3 rings (SSSR count). The zero-order valence-corrected chi connectivity index (χ0v) is 12.1. The van der Waals surface area contributed by atoms with Crippen molar-refractivity contribution in [1.29, 1.82) is 0 Å². The molecule has 2 aromatic carbocycles. The summed E-state index contributed by atoms with van der Waals surface area (Å²) in [6.45, 7) is 0. The maximum Gasteiger partial charge on any atom is 0.257 e. The highest BCUT2D eigenvalue weighted by Gasteiger charge is 2.07. The van der Waals surface area contributed by atoms with E-state index in [2.05, 4.69) is 10.3 Å². The summed E-state index contributed by atoms with van der Waals surface area (Å²) in [7, 11) is 0. The lowest BCUT2D eigenvalue weighted by Gasteiger charge is -2.08. The largest absolute Gasteiger partial charge is 0.506 e. The molecule has 0 radical (unpaired) electrons. The number of amides is 1. The first kappa shape index (κ1) is 14.6. The molecule has 0 atom stereocenters. The van der Waals surface area contributed by atoms with Crippen molar-refractivity contribution in [3.05, 3.63) is 78.6 Å². The zero-order valence-electron chi connectivity index (χ0n) is 12.1. The number of rotatable bonds is 4. The van der Waals surface area contributed by atoms with Crippen LogP contribution in [0.2, 0.25) is 0 Å². The minimum absolute atomic E-state index is 0.0516. The Bertz CT molecular complexity index is 802. The van der Waals surface area contributed by atoms with Crippen LogP contribution in [0.25, 0.3) is 0 Å². The smallest absolute Gasteiger partial charge is 0.257 e. The number of anilines is 1. The van der Waals surface area contributed by atoms with Gasteiger partial charge in [0.1, 0.15) is 17.2 Å². The molecule has 0 aliphatic rings. The van der Waals surface area contributed by atoms with Crippen LogP contribution in [-0.4, -0.2) is 16.0 Å². The third-order valence-corrected chi connectivity index (χ3v) is 3.08. The fourth-order valence-corrected chi connectivity index (χ4v) is 1.99. The summed E-state index contributed by atoms with van der Waals surface area (Å²) in [5, 5.41) is 12.1. The highest BCUT2D eigenvalue weighted by atomic mass is 16.5. The fraction of sp³-hybridized carbons (Fsp3) is 0. The van der Waals surface area contributed by atoms with Crippen LogP contribution in [0.4, 0.5) is 5.69 Å². The summed E-state index contributed by atoms with van der Waals surface area (Å²) in [5.74, 6) is 1.03. The molecule has 0 fully saturated rings. The number of ether oxygens (including phenoxy) is 1. The van der Waals surface area contributed by atoms with Gasteiger partial charge >= 0.3 is 0 Å². The number of benzene rings is 2. The van der Waals surface area contributed by atoms with Crippen molar-refractivity contribution >= 4 is 11.6 Å². The normalized spacial score (nSPS) is 10.1. The SMILES string of the molecule is O=C(Nc1ccc(Oc2ccccc2)cc1)c1cncc(O)c1. The maximum atomic E-state index is 12.0. The van der Waals surface area contributed by atoms with E-state index in [-0.39, 0.29) is 17.2 Å². The number of carbonyl (C=O) groups is 1. The lowest BCUT2D eigenvalue weighted by molar-refractivity contribution is 0.102. The first-order valence-corrected chi connectivity index (χ1v) is 6.99. The van der Waals surface area contributed by atoms with Crippen LogP contribution in [0.15, 0.2) is 73.1 Å². The quantitative estimate of drug-likeness (QED) is 0.768. The predicted molar refractivity (Wildman–Crippen MR) is 86.8 cm³/mol. The van der Waals surface area contributed by atoms with Crippen LogP contribution in [0.5, 0.6) is 17.2 Å². The Hall–Kier alpha value is -3.34. The van der Waals surface area contributed by atoms with Gasteiger partial charge in [0.05, 0.1) is 11.8 Å². The first-order valence-electron chi connectivity index (χ1n) is 6.99. The molecular formula is C18H14N2O3. The summed E-state index contributed by atoms with van der Waals surface area (Å²) in [5.41, 5.74) is 0.911. The Kier molecular flexibility index (Phi) is 4.20. The second-order valence-corrected chi connectivity index (χ2v) is 4.83. The van der Waals surface area contributed by atoms with E-state index in [4.69, 9.17) is 4.74 Å². The number of pyridine rings is 1. The molecule has 0 unspecified atom stereocenters. The van der Waals surface area contributed by atoms with Gasteiger partial charge in [-0.05, 0) is 42.5 Å². The van der Waals surface area contributed by atoms with Gasteiger partial charge in [-0.1, -0.05) is 18.2 Å². The number of hydrogen-bond acceptors (Lipinski definition) is 4. The lowest BCUT2D eigenvalue weighted by atomic mass is 10.2. The highest BCUT2D eigenvalue weighted by molar-refractivity contribution is 6.04. The van der Waals surface area contributed by atoms with E-state index in [1.807, 2.05) is 30.3 Å². The third-order valence-electron chi connectivity index (χ3n) is 3.08. The topological polar surface area (TPSA) is 71.5 Å². The summed E-state index contributed by atoms with van der Waals surface area (Å²) in [6, 6.07) is 17.8. The third kappa shape index (κ3) is 3.85. The van der Waals surface area contributed by atoms with Crippen molar-refractivity contribution in [2.75, 3.05) is 5.32 Å². The van der Waals surface area contributed by atoms with Gasteiger partial charge in [0.15, 0.2) is 0 Å². The summed E-state index contributed by atoms with van der Waals surface area (Å²) >= 11 is 0. The Morgan fingerprint density at radius 1 is 0.957 bits per heavy atom. The van der Waals surface area contributed by atoms with E-state index >= 15 is 0 Å². The Balaban J connectivity index is 1.67. The molecule has 0 aliphatic carbocycles. The molecule has 3 aromatic rings. The van der Waals surface area contributed by atoms with Crippen molar-refractivity contribution in [2.45, 2.75) is 0 Å². The van der Waals surface area contributed by atoms with Gasteiger partial charge in [-0.2, -0.15) is 0 Å². The van der Waals surface area contributed by atoms with Crippen LogP contribution in [0, 0.1) is 0 Å². The molecule has 1 heterocycles. The lowest BCUT2D eigenvalue weighted by Crippen LogP contribution is -2.11. The van der Waals surface area contributed by atoms with E-state index in [0.29, 0.717) is 11.4 Å². The minimum Gasteiger partial charge on any atom is -0.506 e. The zero-order chi connectivity index (χ0) is 16.1. The number of hydrogen-bond donors (Lipinski definition) is 2. The van der Waals surface area contributed by atoms with Crippen molar-refractivity contribution in [3.8, 4) is 17.2 Å². The van der Waals surface area contributed by atoms with Gasteiger partial charge in [0.2, 0.25) is 0 Å². The van der Waals surface area contributed by atoms with Crippen LogP contribution in [0.3, 0.4) is 0 Å². The molecule has 114 valence electrons. The van der Waals surface area contributed by atoms with Gasteiger partial charge in [-0.15, -0.1) is 0 Å². The summed E-state index contributed by atoms with van der Waals surface area (Å²) in [6.07, 6.45) is 2.66. The molecule has 0 spiro atoms. The van der Waals surface area contributed by atoms with Crippen molar-refractivity contribution in [1.82, 2.24) is 4.98 Å². The molecule has 2 N–H and O–H groups in total. The monoisotopic (exact) mass is 306 g/mol. The number of nitrogens with one attached hydrogen (secondary N) is 1. The van der Waals surface area contributed by atoms with E-state index in [9.17, 15) is 9.90 Å². The number of carbonyl (C=O) groups excluding carboxylic acids is 1. The number of aromatic nitrogens is 1. The molecule has 1 aromatic heterocycles. The average molecular weight is 306 g/mol. The van der Waals surface area contributed by atoms with Gasteiger partial charge in [0, 0.05) is 11.9 Å². The van der Waals surface area contributed by atoms with Crippen molar-refractivity contribution in [3.63, 3.8) is 0 Å². The Labute approximate surface area is 133 Å². The number of para-hydroxylation sites is 1. The Morgan fingerprint density at radius 3 is 2.35 bits per heavy atom. The molecule has 0 aliphatic heterocycles. The number of nitrogens with zero attached hydrogens (tertiary/aromatic N) is 1. The second kappa shape index (κ2) is 6.62. The molecule has 1 amide bonds. The fourth-order valence-electron chi connectivity index (χ4n) is 1.99. The Morgan fingerprint density at radius 2 is 1.65 bits per heavy atom. The standard InChI is InChI=1S/C18H14N2O3/c21-15-10-13(11-19-12-15)18(22)20-14-6-8-17(9-7-14)23-16-4-2-1-3-5-16/h1-12,21H,(H,20,22). The maximum absolute atomic E-state index is 12.0. The van der Waals surface area contributed by atoms with E-state index in [1.165, 1.54) is 18.5 Å². The minimum atomic E-state index is -0.342. The van der Waals surface area contributed by atoms with Gasteiger partial charge in [0.25, 0.3) is 5.91 Å². The highest BCUT2D eigenvalue weighted by Crippen LogP contribution is 2.23. The van der Waals surface area contributed by atoms with E-state index in [1.54, 1.807) is 24.3 Å². The van der Waals surface area contributed by atoms with Crippen LogP contribution >= 0.6 is 0 Å². The van der Waals surface area contributed by atoms with Crippen molar-refractivity contribution in [2.24, 2.45) is 0 Å². The molecule has 23 heavy (non-hydrogen) atoms. The van der Waals surface area contributed by atoms with E-state index < -0.39 is 0 Å². The summed E-state index contributed by atoms with van der Waals surface area (Å²) < 4.78 is 5.68. The molecule has 0 bridgehead atoms. The summed E-state index contributed by atoms with van der Waals surface area (Å²) in [4.78, 5) is 15.8. The van der Waals surface area contributed by atoms with Gasteiger partial charge in [-0.25, -0.2) is 0 Å². The first-order chi connectivity index (χ1) is 11.2. The van der Waals surface area contributed by atoms with Crippen LogP contribution < -0.4 is 10.1 Å². The molecule has 0 saturated heterocycles. The van der Waals surface area contributed by atoms with Crippen molar-refractivity contribution < 1.29 is 14.6 Å². The second-order valence-electron chi connectivity index (χ2n) is 4.83. The average Bonchev–Trinajstić information content (AvgIpc) is 2.57. The van der Waals surface area contributed by atoms with E-state index in [0.717, 1.165) is 5.75 Å².